The van der Waals surface area contributed by atoms with Crippen LogP contribution >= 0.6 is 0 Å². The largest absolute Gasteiger partial charge is 0.198 e. The third-order valence-electron chi connectivity index (χ3n) is 0.220. The smallest absolute Gasteiger partial charge is 0.0652 e. The minimum Gasteiger partial charge on any atom is -0.198 e. The van der Waals surface area contributed by atoms with Crippen LogP contribution in [-0.4, -0.2) is 0 Å². The minimum atomic E-state index is -0.0602. The van der Waals surface area contributed by atoms with Crippen molar-refractivity contribution >= 4 is 0 Å². The zero-order valence-corrected chi connectivity index (χ0v) is 3.23. The molecule has 0 amide bonds. The second-order valence-corrected chi connectivity index (χ2v) is 1.03. The molecular formula is C4H6N. The Morgan fingerprint density at radius 2 is 2.20 bits per heavy atom. The minimum absolute atomic E-state index is 0.0602. The molecule has 0 spiro atoms. The number of hydrogen-bond donors (Lipinski definition) is 0. The quantitative estimate of drug-likeness (QED) is 0.415. The molecule has 0 N–H and O–H groups in total. The first-order chi connectivity index (χ1) is 2.27. The number of nitrogens with zero attached hydrogens (tertiary/aromatic N) is 1. The summed E-state index contributed by atoms with van der Waals surface area (Å²) in [4.78, 5) is 0. The Bertz CT molecular complexity index is 49.2. The van der Waals surface area contributed by atoms with Gasteiger partial charge in [-0.3, -0.25) is 0 Å². The molecule has 0 aromatic rings. The average Bonchev–Trinajstić information content (AvgIpc) is 1.38. The van der Waals surface area contributed by atoms with E-state index < -0.39 is 0 Å². The van der Waals surface area contributed by atoms with Gasteiger partial charge in [0.15, 0.2) is 0 Å². The fourth-order valence-electron chi connectivity index (χ4n) is 0. The lowest BCUT2D eigenvalue weighted by molar-refractivity contribution is 0.953. The molecule has 0 rings (SSSR count). The Kier molecular flexibility index (Phi) is 1.60. The predicted molar refractivity (Wildman–Crippen MR) is 20.1 cm³/mol. The molecule has 5 heavy (non-hydrogen) atoms. The Hall–Kier alpha value is -0.510. The van der Waals surface area contributed by atoms with Crippen molar-refractivity contribution in [3.63, 3.8) is 0 Å². The van der Waals surface area contributed by atoms with Crippen LogP contribution < -0.4 is 0 Å². The summed E-state index contributed by atoms with van der Waals surface area (Å²) in [5.74, 6) is -0.0602. The van der Waals surface area contributed by atoms with E-state index in [9.17, 15) is 0 Å². The van der Waals surface area contributed by atoms with E-state index in [0.29, 0.717) is 0 Å². The lowest BCUT2D eigenvalue weighted by Crippen LogP contribution is -1.73. The molecule has 0 bridgehead atoms. The van der Waals surface area contributed by atoms with Crippen LogP contribution in [0.3, 0.4) is 0 Å². The van der Waals surface area contributed by atoms with Gasteiger partial charge >= 0.3 is 0 Å². The van der Waals surface area contributed by atoms with Crippen LogP contribution in [0.5, 0.6) is 0 Å². The molecule has 1 radical (unpaired) electrons. The SMILES string of the molecule is [CH2][C@@H](C)C#N. The highest BCUT2D eigenvalue weighted by molar-refractivity contribution is 4.79. The van der Waals surface area contributed by atoms with Gasteiger partial charge in [0.05, 0.1) is 6.07 Å². The molecular weight excluding hydrogens is 62.1 g/mol. The molecule has 0 saturated heterocycles. The molecule has 0 aliphatic rings. The second kappa shape index (κ2) is 1.78. The Morgan fingerprint density at radius 1 is 2.00 bits per heavy atom. The molecule has 1 heteroatoms. The molecule has 1 nitrogen and oxygen atoms in total. The topological polar surface area (TPSA) is 23.8 Å². The van der Waals surface area contributed by atoms with Gasteiger partial charge in [-0.2, -0.15) is 5.26 Å². The third-order valence-corrected chi connectivity index (χ3v) is 0.220. The van der Waals surface area contributed by atoms with Crippen LogP contribution in [-0.2, 0) is 0 Å². The van der Waals surface area contributed by atoms with E-state index in [0.717, 1.165) is 0 Å². The van der Waals surface area contributed by atoms with Crippen LogP contribution in [0, 0.1) is 24.2 Å². The van der Waals surface area contributed by atoms with Gasteiger partial charge in [0.1, 0.15) is 0 Å². The Morgan fingerprint density at radius 3 is 2.20 bits per heavy atom. The molecule has 1 atom stereocenters. The van der Waals surface area contributed by atoms with Crippen molar-refractivity contribution in [3.05, 3.63) is 6.92 Å². The van der Waals surface area contributed by atoms with Gasteiger partial charge in [0, 0.05) is 5.92 Å². The molecule has 0 saturated carbocycles. The fraction of sp³-hybridized carbons (Fsp3) is 0.500. The second-order valence-electron chi connectivity index (χ2n) is 1.03. The van der Waals surface area contributed by atoms with E-state index >= 15 is 0 Å². The van der Waals surface area contributed by atoms with E-state index in [1.165, 1.54) is 0 Å². The molecule has 0 fully saturated rings. The summed E-state index contributed by atoms with van der Waals surface area (Å²) in [6.45, 7) is 5.15. The van der Waals surface area contributed by atoms with Crippen molar-refractivity contribution in [2.75, 3.05) is 0 Å². The van der Waals surface area contributed by atoms with Gasteiger partial charge in [0.2, 0.25) is 0 Å². The molecule has 0 heterocycles. The van der Waals surface area contributed by atoms with Gasteiger partial charge in [-0.05, 0) is 13.8 Å². The van der Waals surface area contributed by atoms with Crippen LogP contribution in [0.2, 0.25) is 0 Å². The monoisotopic (exact) mass is 68.1 g/mol. The van der Waals surface area contributed by atoms with E-state index in [1.54, 1.807) is 6.92 Å². The van der Waals surface area contributed by atoms with E-state index in [4.69, 9.17) is 5.26 Å². The van der Waals surface area contributed by atoms with Crippen molar-refractivity contribution in [1.82, 2.24) is 0 Å². The number of rotatable bonds is 0. The summed E-state index contributed by atoms with van der Waals surface area (Å²) >= 11 is 0. The lowest BCUT2D eigenvalue weighted by atomic mass is 10.3. The highest BCUT2D eigenvalue weighted by Gasteiger charge is 1.79. The summed E-state index contributed by atoms with van der Waals surface area (Å²) in [5.41, 5.74) is 0. The maximum absolute atomic E-state index is 7.83. The first-order valence-electron chi connectivity index (χ1n) is 1.50. The molecule has 0 aromatic carbocycles. The van der Waals surface area contributed by atoms with E-state index in [-0.39, 0.29) is 5.92 Å². The van der Waals surface area contributed by atoms with Crippen molar-refractivity contribution in [3.8, 4) is 6.07 Å². The van der Waals surface area contributed by atoms with E-state index in [1.807, 2.05) is 6.07 Å². The zero-order valence-electron chi connectivity index (χ0n) is 3.23. The van der Waals surface area contributed by atoms with Gasteiger partial charge in [-0.1, -0.05) is 0 Å². The third kappa shape index (κ3) is 3.49. The van der Waals surface area contributed by atoms with Crippen molar-refractivity contribution in [2.24, 2.45) is 5.92 Å². The van der Waals surface area contributed by atoms with Crippen LogP contribution in [0.1, 0.15) is 6.92 Å². The first-order valence-corrected chi connectivity index (χ1v) is 1.50. The van der Waals surface area contributed by atoms with Gasteiger partial charge in [0.25, 0.3) is 0 Å². The maximum atomic E-state index is 7.83. The lowest BCUT2D eigenvalue weighted by Gasteiger charge is -1.75. The summed E-state index contributed by atoms with van der Waals surface area (Å²) in [6.07, 6.45) is 0. The Labute approximate surface area is 32.2 Å². The molecule has 0 unspecified atom stereocenters. The van der Waals surface area contributed by atoms with Crippen LogP contribution in [0.25, 0.3) is 0 Å². The summed E-state index contributed by atoms with van der Waals surface area (Å²) < 4.78 is 0. The summed E-state index contributed by atoms with van der Waals surface area (Å²) in [6, 6.07) is 1.92. The van der Waals surface area contributed by atoms with E-state index in [2.05, 4.69) is 6.92 Å². The van der Waals surface area contributed by atoms with Crippen molar-refractivity contribution < 1.29 is 0 Å². The first kappa shape index (κ1) is 4.49. The molecule has 27 valence electrons. The fourth-order valence-corrected chi connectivity index (χ4v) is 0. The molecule has 0 aromatic heterocycles. The highest BCUT2D eigenvalue weighted by Crippen LogP contribution is 1.80. The predicted octanol–water partition coefficient (Wildman–Crippen LogP) is 0.980. The van der Waals surface area contributed by atoms with Crippen molar-refractivity contribution in [2.45, 2.75) is 6.92 Å². The standard InChI is InChI=1S/C4H6N/c1-4(2)3-5/h4H,1H2,2H3/t4-/m0/s1. The number of hydrogen-bond acceptors (Lipinski definition) is 1. The zero-order chi connectivity index (χ0) is 4.28. The maximum Gasteiger partial charge on any atom is 0.0652 e. The Balaban J connectivity index is 2.94. The molecule has 0 aliphatic carbocycles. The average molecular weight is 68.1 g/mol. The van der Waals surface area contributed by atoms with Crippen molar-refractivity contribution in [1.29, 1.82) is 5.26 Å². The highest BCUT2D eigenvalue weighted by atomic mass is 14.2. The number of nitriles is 1. The van der Waals surface area contributed by atoms with Gasteiger partial charge in [-0.25, -0.2) is 0 Å². The molecule has 0 aliphatic heterocycles. The normalized spacial score (nSPS) is 7.60. The van der Waals surface area contributed by atoms with Crippen LogP contribution in [0.4, 0.5) is 0 Å². The summed E-state index contributed by atoms with van der Waals surface area (Å²) in [7, 11) is 0. The summed E-state index contributed by atoms with van der Waals surface area (Å²) in [5, 5.41) is 7.83. The van der Waals surface area contributed by atoms with Gasteiger partial charge in [-0.15, -0.1) is 0 Å². The van der Waals surface area contributed by atoms with Crippen LogP contribution in [0.15, 0.2) is 0 Å². The van der Waals surface area contributed by atoms with Gasteiger partial charge < -0.3 is 0 Å².